The van der Waals surface area contributed by atoms with Crippen LogP contribution in [0.1, 0.15) is 19.8 Å². The first-order valence-electron chi connectivity index (χ1n) is 6.22. The number of aromatic nitrogens is 1. The smallest absolute Gasteiger partial charge is 0.215 e. The lowest BCUT2D eigenvalue weighted by molar-refractivity contribution is 0.193. The van der Waals surface area contributed by atoms with E-state index in [1.165, 1.54) is 0 Å². The van der Waals surface area contributed by atoms with Crippen molar-refractivity contribution in [2.45, 2.75) is 19.8 Å². The zero-order valence-electron chi connectivity index (χ0n) is 10.5. The highest BCUT2D eigenvalue weighted by atomic mass is 16.5. The van der Waals surface area contributed by atoms with Crippen LogP contribution in [0.3, 0.4) is 0 Å². The van der Waals surface area contributed by atoms with Crippen LogP contribution >= 0.6 is 0 Å². The van der Waals surface area contributed by atoms with Gasteiger partial charge in [-0.25, -0.2) is 0 Å². The van der Waals surface area contributed by atoms with Crippen molar-refractivity contribution in [2.24, 2.45) is 11.8 Å². The van der Waals surface area contributed by atoms with E-state index in [9.17, 15) is 0 Å². The van der Waals surface area contributed by atoms with Crippen LogP contribution in [0.2, 0.25) is 0 Å². The number of hydrogen-bond donors (Lipinski definition) is 1. The van der Waals surface area contributed by atoms with Crippen molar-refractivity contribution in [1.82, 2.24) is 4.98 Å². The molecule has 1 aliphatic rings. The van der Waals surface area contributed by atoms with Crippen molar-refractivity contribution in [2.75, 3.05) is 19.0 Å². The Balaban J connectivity index is 1.90. The number of nitrogens with one attached hydrogen (secondary N) is 1. The lowest BCUT2D eigenvalue weighted by Gasteiger charge is -2.24. The summed E-state index contributed by atoms with van der Waals surface area (Å²) in [6.45, 7) is 3.04. The number of ether oxygens (including phenoxy) is 1. The quantitative estimate of drug-likeness (QED) is 0.810. The number of hydrogen-bond acceptors (Lipinski definition) is 3. The Morgan fingerprint density at radius 3 is 2.94 bits per heavy atom. The zero-order chi connectivity index (χ0) is 12.1. The molecule has 1 heterocycles. The van der Waals surface area contributed by atoms with Gasteiger partial charge in [0.1, 0.15) is 5.82 Å². The van der Waals surface area contributed by atoms with Crippen LogP contribution in [0, 0.1) is 11.8 Å². The molecule has 0 aromatic carbocycles. The number of rotatable bonds is 4. The fraction of sp³-hybridized carbons (Fsp3) is 0.500. The summed E-state index contributed by atoms with van der Waals surface area (Å²) in [6, 6.07) is 5.79. The maximum absolute atomic E-state index is 5.77. The number of anilines is 1. The molecule has 0 spiro atoms. The molecular formula is C14H20N2O. The lowest BCUT2D eigenvalue weighted by Crippen LogP contribution is -2.21. The number of nitrogens with zero attached hydrogens (tertiary/aromatic N) is 1. The predicted molar refractivity (Wildman–Crippen MR) is 70.3 cm³/mol. The molecule has 0 bridgehead atoms. The molecule has 0 fully saturated rings. The minimum atomic E-state index is 0.611. The van der Waals surface area contributed by atoms with E-state index in [0.29, 0.717) is 17.7 Å². The SMILES string of the molecule is CNc1cccc(OCC2CC=CCC2C)n1. The molecule has 3 nitrogen and oxygen atoms in total. The monoisotopic (exact) mass is 232 g/mol. The van der Waals surface area contributed by atoms with Crippen LogP contribution in [0.5, 0.6) is 5.88 Å². The van der Waals surface area contributed by atoms with Gasteiger partial charge < -0.3 is 10.1 Å². The predicted octanol–water partition coefficient (Wildman–Crippen LogP) is 3.10. The Hall–Kier alpha value is -1.51. The molecule has 2 atom stereocenters. The molecule has 2 unspecified atom stereocenters. The fourth-order valence-corrected chi connectivity index (χ4v) is 2.07. The molecule has 2 rings (SSSR count). The van der Waals surface area contributed by atoms with Crippen LogP contribution in [-0.2, 0) is 0 Å². The normalized spacial score (nSPS) is 23.4. The Morgan fingerprint density at radius 2 is 2.18 bits per heavy atom. The second-order valence-corrected chi connectivity index (χ2v) is 4.60. The molecule has 1 aliphatic carbocycles. The Labute approximate surface area is 103 Å². The minimum Gasteiger partial charge on any atom is -0.477 e. The van der Waals surface area contributed by atoms with Gasteiger partial charge in [-0.05, 0) is 30.7 Å². The first-order chi connectivity index (χ1) is 8.29. The van der Waals surface area contributed by atoms with E-state index in [1.807, 2.05) is 25.2 Å². The number of allylic oxidation sites excluding steroid dienone is 2. The fourth-order valence-electron chi connectivity index (χ4n) is 2.07. The van der Waals surface area contributed by atoms with E-state index in [4.69, 9.17) is 4.74 Å². The van der Waals surface area contributed by atoms with Crippen molar-refractivity contribution in [3.8, 4) is 5.88 Å². The molecular weight excluding hydrogens is 212 g/mol. The Morgan fingerprint density at radius 1 is 1.35 bits per heavy atom. The summed E-state index contributed by atoms with van der Waals surface area (Å²) in [4.78, 5) is 4.35. The molecule has 17 heavy (non-hydrogen) atoms. The van der Waals surface area contributed by atoms with Gasteiger partial charge in [-0.2, -0.15) is 4.98 Å². The van der Waals surface area contributed by atoms with Crippen LogP contribution in [-0.4, -0.2) is 18.6 Å². The molecule has 0 aliphatic heterocycles. The van der Waals surface area contributed by atoms with E-state index in [2.05, 4.69) is 29.4 Å². The van der Waals surface area contributed by atoms with Gasteiger partial charge in [0.2, 0.25) is 5.88 Å². The van der Waals surface area contributed by atoms with E-state index >= 15 is 0 Å². The molecule has 0 amide bonds. The standard InChI is InChI=1S/C14H20N2O/c1-11-6-3-4-7-12(11)10-17-14-9-5-8-13(15-2)16-14/h3-5,8-9,11-12H,6-7,10H2,1-2H3,(H,15,16). The van der Waals surface area contributed by atoms with Crippen molar-refractivity contribution in [3.63, 3.8) is 0 Å². The van der Waals surface area contributed by atoms with E-state index < -0.39 is 0 Å². The molecule has 0 radical (unpaired) electrons. The van der Waals surface area contributed by atoms with E-state index in [-0.39, 0.29) is 0 Å². The average Bonchev–Trinajstić information content (AvgIpc) is 2.38. The topological polar surface area (TPSA) is 34.1 Å². The maximum atomic E-state index is 5.77. The van der Waals surface area contributed by atoms with Gasteiger partial charge in [-0.3, -0.25) is 0 Å². The van der Waals surface area contributed by atoms with E-state index in [1.54, 1.807) is 0 Å². The highest BCUT2D eigenvalue weighted by molar-refractivity contribution is 5.35. The van der Waals surface area contributed by atoms with Crippen molar-refractivity contribution in [1.29, 1.82) is 0 Å². The summed E-state index contributed by atoms with van der Waals surface area (Å²) in [6.07, 6.45) is 6.80. The summed E-state index contributed by atoms with van der Waals surface area (Å²) in [5, 5.41) is 3.01. The highest BCUT2D eigenvalue weighted by Crippen LogP contribution is 2.25. The van der Waals surface area contributed by atoms with Crippen LogP contribution in [0.4, 0.5) is 5.82 Å². The zero-order valence-corrected chi connectivity index (χ0v) is 10.5. The first kappa shape index (κ1) is 12.0. The van der Waals surface area contributed by atoms with Crippen LogP contribution in [0.25, 0.3) is 0 Å². The van der Waals surface area contributed by atoms with E-state index in [0.717, 1.165) is 25.3 Å². The van der Waals surface area contributed by atoms with Gasteiger partial charge in [-0.15, -0.1) is 0 Å². The third-order valence-electron chi connectivity index (χ3n) is 3.34. The Bertz CT molecular complexity index is 390. The summed E-state index contributed by atoms with van der Waals surface area (Å²) in [5.74, 6) is 2.87. The highest BCUT2D eigenvalue weighted by Gasteiger charge is 2.18. The largest absolute Gasteiger partial charge is 0.477 e. The van der Waals surface area contributed by atoms with Crippen LogP contribution in [0.15, 0.2) is 30.4 Å². The van der Waals surface area contributed by atoms with Gasteiger partial charge >= 0.3 is 0 Å². The molecule has 0 saturated heterocycles. The molecule has 1 N–H and O–H groups in total. The van der Waals surface area contributed by atoms with Gasteiger partial charge in [0, 0.05) is 13.1 Å². The average molecular weight is 232 g/mol. The summed E-state index contributed by atoms with van der Waals surface area (Å²) in [7, 11) is 1.86. The molecule has 92 valence electrons. The minimum absolute atomic E-state index is 0.611. The van der Waals surface area contributed by atoms with Gasteiger partial charge in [-0.1, -0.05) is 25.1 Å². The van der Waals surface area contributed by atoms with Gasteiger partial charge in [0.25, 0.3) is 0 Å². The lowest BCUT2D eigenvalue weighted by atomic mass is 9.85. The second kappa shape index (κ2) is 5.71. The first-order valence-corrected chi connectivity index (χ1v) is 6.22. The maximum Gasteiger partial charge on any atom is 0.215 e. The summed E-state index contributed by atoms with van der Waals surface area (Å²) >= 11 is 0. The van der Waals surface area contributed by atoms with Crippen molar-refractivity contribution >= 4 is 5.82 Å². The number of pyridine rings is 1. The van der Waals surface area contributed by atoms with Crippen molar-refractivity contribution in [3.05, 3.63) is 30.4 Å². The third kappa shape index (κ3) is 3.22. The summed E-state index contributed by atoms with van der Waals surface area (Å²) < 4.78 is 5.77. The van der Waals surface area contributed by atoms with Crippen molar-refractivity contribution < 1.29 is 4.74 Å². The molecule has 0 saturated carbocycles. The third-order valence-corrected chi connectivity index (χ3v) is 3.34. The second-order valence-electron chi connectivity index (χ2n) is 4.60. The Kier molecular flexibility index (Phi) is 4.02. The molecule has 1 aromatic heterocycles. The van der Waals surface area contributed by atoms with Crippen LogP contribution < -0.4 is 10.1 Å². The molecule has 1 aromatic rings. The van der Waals surface area contributed by atoms with Gasteiger partial charge in [0.15, 0.2) is 0 Å². The molecule has 3 heteroatoms. The summed E-state index contributed by atoms with van der Waals surface area (Å²) in [5.41, 5.74) is 0. The van der Waals surface area contributed by atoms with Gasteiger partial charge in [0.05, 0.1) is 6.61 Å².